The Labute approximate surface area is 102 Å². The molecule has 90 valence electrons. The van der Waals surface area contributed by atoms with Crippen molar-refractivity contribution in [3.8, 4) is 0 Å². The van der Waals surface area contributed by atoms with Gasteiger partial charge in [0, 0.05) is 31.4 Å². The van der Waals surface area contributed by atoms with E-state index in [-0.39, 0.29) is 0 Å². The molecule has 0 atom stereocenters. The fourth-order valence-corrected chi connectivity index (χ4v) is 1.94. The zero-order valence-corrected chi connectivity index (χ0v) is 10.3. The van der Waals surface area contributed by atoms with Crippen LogP contribution in [0.5, 0.6) is 0 Å². The Kier molecular flexibility index (Phi) is 3.49. The van der Waals surface area contributed by atoms with Crippen molar-refractivity contribution in [3.63, 3.8) is 0 Å². The molecule has 0 spiro atoms. The van der Waals surface area contributed by atoms with Gasteiger partial charge < -0.3 is 15.1 Å². The smallest absolute Gasteiger partial charge is 0.0952 e. The number of hydrogen-bond acceptors (Lipinski definition) is 3. The zero-order chi connectivity index (χ0) is 12.3. The van der Waals surface area contributed by atoms with Gasteiger partial charge in [0.05, 0.1) is 12.5 Å². The average Bonchev–Trinajstić information content (AvgIpc) is 2.81. The van der Waals surface area contributed by atoms with Crippen LogP contribution in [0.1, 0.15) is 16.7 Å². The highest BCUT2D eigenvalue weighted by molar-refractivity contribution is 5.55. The van der Waals surface area contributed by atoms with E-state index >= 15 is 0 Å². The Morgan fingerprint density at radius 1 is 1.29 bits per heavy atom. The number of benzene rings is 1. The van der Waals surface area contributed by atoms with Gasteiger partial charge in [-0.25, -0.2) is 0 Å². The number of aryl methyl sites for hydroxylation is 1. The van der Waals surface area contributed by atoms with Crippen LogP contribution < -0.4 is 10.6 Å². The van der Waals surface area contributed by atoms with Crippen LogP contribution >= 0.6 is 0 Å². The first-order valence-corrected chi connectivity index (χ1v) is 5.72. The lowest BCUT2D eigenvalue weighted by molar-refractivity contribution is 0.563. The molecule has 0 unspecified atom stereocenters. The van der Waals surface area contributed by atoms with E-state index in [1.165, 1.54) is 16.8 Å². The van der Waals surface area contributed by atoms with Gasteiger partial charge in [-0.15, -0.1) is 0 Å². The van der Waals surface area contributed by atoms with E-state index in [4.69, 9.17) is 10.2 Å². The van der Waals surface area contributed by atoms with E-state index in [1.807, 2.05) is 6.07 Å². The molecule has 0 radical (unpaired) electrons. The largest absolute Gasteiger partial charge is 0.472 e. The van der Waals surface area contributed by atoms with Gasteiger partial charge in [-0.05, 0) is 30.2 Å². The summed E-state index contributed by atoms with van der Waals surface area (Å²) in [5.74, 6) is 0. The maximum atomic E-state index is 5.77. The first-order valence-electron chi connectivity index (χ1n) is 5.72. The monoisotopic (exact) mass is 230 g/mol. The van der Waals surface area contributed by atoms with Gasteiger partial charge in [-0.2, -0.15) is 0 Å². The molecule has 0 saturated carbocycles. The quantitative estimate of drug-likeness (QED) is 0.878. The summed E-state index contributed by atoms with van der Waals surface area (Å²) in [5.41, 5.74) is 10.5. The van der Waals surface area contributed by atoms with E-state index in [0.717, 1.165) is 12.1 Å². The van der Waals surface area contributed by atoms with Crippen molar-refractivity contribution in [2.24, 2.45) is 5.73 Å². The molecule has 1 aromatic carbocycles. The van der Waals surface area contributed by atoms with Crippen LogP contribution in [0.15, 0.2) is 41.2 Å². The molecular formula is C14H18N2O. The lowest BCUT2D eigenvalue weighted by Crippen LogP contribution is -2.18. The molecule has 2 N–H and O–H groups in total. The number of nitrogens with zero attached hydrogens (tertiary/aromatic N) is 1. The second-order valence-corrected chi connectivity index (χ2v) is 4.32. The molecule has 0 saturated heterocycles. The molecule has 0 aliphatic heterocycles. The molecule has 3 heteroatoms. The average molecular weight is 230 g/mol. The fraction of sp³-hybridized carbons (Fsp3) is 0.286. The van der Waals surface area contributed by atoms with E-state index in [9.17, 15) is 0 Å². The van der Waals surface area contributed by atoms with Crippen LogP contribution in [0.25, 0.3) is 0 Å². The molecule has 0 aliphatic carbocycles. The molecule has 0 bridgehead atoms. The van der Waals surface area contributed by atoms with Gasteiger partial charge in [0.25, 0.3) is 0 Å². The van der Waals surface area contributed by atoms with Crippen LogP contribution in [0.2, 0.25) is 0 Å². The van der Waals surface area contributed by atoms with Crippen LogP contribution in [0.4, 0.5) is 5.69 Å². The third kappa shape index (κ3) is 2.68. The lowest BCUT2D eigenvalue weighted by atomic mass is 10.1. The van der Waals surface area contributed by atoms with Crippen LogP contribution in [-0.4, -0.2) is 7.05 Å². The van der Waals surface area contributed by atoms with Crippen molar-refractivity contribution in [2.45, 2.75) is 20.0 Å². The summed E-state index contributed by atoms with van der Waals surface area (Å²) >= 11 is 0. The first kappa shape index (κ1) is 11.7. The summed E-state index contributed by atoms with van der Waals surface area (Å²) in [4.78, 5) is 2.19. The van der Waals surface area contributed by atoms with Crippen molar-refractivity contribution < 1.29 is 4.42 Å². The lowest BCUT2D eigenvalue weighted by Gasteiger charge is -2.22. The van der Waals surface area contributed by atoms with E-state index in [0.29, 0.717) is 6.54 Å². The second kappa shape index (κ2) is 5.06. The number of hydrogen-bond donors (Lipinski definition) is 1. The van der Waals surface area contributed by atoms with Crippen LogP contribution in [0, 0.1) is 6.92 Å². The Bertz CT molecular complexity index is 477. The van der Waals surface area contributed by atoms with Gasteiger partial charge in [0.2, 0.25) is 0 Å². The maximum absolute atomic E-state index is 5.77. The Hall–Kier alpha value is -1.74. The Balaban J connectivity index is 2.23. The normalized spacial score (nSPS) is 10.5. The van der Waals surface area contributed by atoms with Gasteiger partial charge in [0.1, 0.15) is 0 Å². The minimum Gasteiger partial charge on any atom is -0.472 e. The van der Waals surface area contributed by atoms with E-state index in [2.05, 4.69) is 37.1 Å². The minimum absolute atomic E-state index is 0.561. The fourth-order valence-electron chi connectivity index (χ4n) is 1.94. The molecule has 2 aromatic rings. The SMILES string of the molecule is Cc1ccc(CN)c(N(C)Cc2ccoc2)c1. The maximum Gasteiger partial charge on any atom is 0.0952 e. The summed E-state index contributed by atoms with van der Waals surface area (Å²) in [7, 11) is 2.07. The van der Waals surface area contributed by atoms with Gasteiger partial charge in [0.15, 0.2) is 0 Å². The van der Waals surface area contributed by atoms with E-state index < -0.39 is 0 Å². The number of rotatable bonds is 4. The number of furan rings is 1. The molecule has 17 heavy (non-hydrogen) atoms. The van der Waals surface area contributed by atoms with Crippen molar-refractivity contribution in [1.82, 2.24) is 0 Å². The molecule has 1 aromatic heterocycles. The molecule has 0 amide bonds. The van der Waals surface area contributed by atoms with Crippen molar-refractivity contribution in [1.29, 1.82) is 0 Å². The summed E-state index contributed by atoms with van der Waals surface area (Å²) < 4.78 is 5.08. The molecule has 0 fully saturated rings. The highest BCUT2D eigenvalue weighted by Crippen LogP contribution is 2.22. The molecular weight excluding hydrogens is 212 g/mol. The highest BCUT2D eigenvalue weighted by atomic mass is 16.3. The van der Waals surface area contributed by atoms with Gasteiger partial charge in [-0.3, -0.25) is 0 Å². The highest BCUT2D eigenvalue weighted by Gasteiger charge is 2.08. The standard InChI is InChI=1S/C14H18N2O/c1-11-3-4-13(8-15)14(7-11)16(2)9-12-5-6-17-10-12/h3-7,10H,8-9,15H2,1-2H3. The second-order valence-electron chi connectivity index (χ2n) is 4.32. The van der Waals surface area contributed by atoms with Crippen LogP contribution in [0.3, 0.4) is 0 Å². The third-order valence-corrected chi connectivity index (χ3v) is 2.87. The van der Waals surface area contributed by atoms with Crippen LogP contribution in [-0.2, 0) is 13.1 Å². The Morgan fingerprint density at radius 3 is 2.76 bits per heavy atom. The summed E-state index contributed by atoms with van der Waals surface area (Å²) in [5, 5.41) is 0. The molecule has 0 aliphatic rings. The van der Waals surface area contributed by atoms with Crippen molar-refractivity contribution in [3.05, 3.63) is 53.5 Å². The van der Waals surface area contributed by atoms with E-state index in [1.54, 1.807) is 12.5 Å². The predicted molar refractivity (Wildman–Crippen MR) is 69.9 cm³/mol. The third-order valence-electron chi connectivity index (χ3n) is 2.87. The molecule has 2 rings (SSSR count). The van der Waals surface area contributed by atoms with Crippen molar-refractivity contribution in [2.75, 3.05) is 11.9 Å². The Morgan fingerprint density at radius 2 is 2.12 bits per heavy atom. The predicted octanol–water partition coefficient (Wildman–Crippen LogP) is 2.68. The summed E-state index contributed by atoms with van der Waals surface area (Å²) in [6.07, 6.45) is 3.47. The number of anilines is 1. The van der Waals surface area contributed by atoms with Gasteiger partial charge in [-0.1, -0.05) is 12.1 Å². The topological polar surface area (TPSA) is 42.4 Å². The van der Waals surface area contributed by atoms with Crippen molar-refractivity contribution >= 4 is 5.69 Å². The molecule has 1 heterocycles. The van der Waals surface area contributed by atoms with Gasteiger partial charge >= 0.3 is 0 Å². The summed E-state index contributed by atoms with van der Waals surface area (Å²) in [6.45, 7) is 3.48. The number of nitrogens with two attached hydrogens (primary N) is 1. The first-order chi connectivity index (χ1) is 8.20. The zero-order valence-electron chi connectivity index (χ0n) is 10.3. The summed E-state index contributed by atoms with van der Waals surface area (Å²) in [6, 6.07) is 8.34. The minimum atomic E-state index is 0.561. The molecule has 3 nitrogen and oxygen atoms in total.